The lowest BCUT2D eigenvalue weighted by molar-refractivity contribution is -0.384. The first-order valence-corrected chi connectivity index (χ1v) is 9.93. The first-order chi connectivity index (χ1) is 15.0. The molecule has 0 saturated carbocycles. The van der Waals surface area contributed by atoms with Gasteiger partial charge in [-0.25, -0.2) is 4.39 Å². The fourth-order valence-corrected chi connectivity index (χ4v) is 3.57. The Balaban J connectivity index is 1.56. The van der Waals surface area contributed by atoms with Crippen molar-refractivity contribution in [2.45, 2.75) is 5.16 Å². The number of nitro benzene ring substituents is 1. The summed E-state index contributed by atoms with van der Waals surface area (Å²) in [6.07, 6.45) is 1.52. The molecule has 2 heterocycles. The van der Waals surface area contributed by atoms with E-state index in [0.717, 1.165) is 35.6 Å². The molecule has 0 atom stereocenters. The Hall–Kier alpha value is -3.99. The van der Waals surface area contributed by atoms with Crippen molar-refractivity contribution in [2.24, 2.45) is 0 Å². The molecule has 9 nitrogen and oxygen atoms in total. The van der Waals surface area contributed by atoms with Crippen LogP contribution in [0.1, 0.15) is 0 Å². The number of halogens is 1. The molecule has 0 radical (unpaired) electrons. The third-order valence-corrected chi connectivity index (χ3v) is 5.08. The van der Waals surface area contributed by atoms with E-state index in [2.05, 4.69) is 15.5 Å². The number of benzene rings is 2. The van der Waals surface area contributed by atoms with Crippen LogP contribution < -0.4 is 5.32 Å². The number of hydrogen-bond acceptors (Lipinski definition) is 7. The maximum atomic E-state index is 13.3. The van der Waals surface area contributed by atoms with Crippen molar-refractivity contribution in [3.63, 3.8) is 0 Å². The number of hydrogen-bond donors (Lipinski definition) is 1. The first kappa shape index (κ1) is 20.3. The second-order valence-electron chi connectivity index (χ2n) is 6.21. The lowest BCUT2D eigenvalue weighted by Gasteiger charge is -2.09. The van der Waals surface area contributed by atoms with Crippen LogP contribution in [0.2, 0.25) is 0 Å². The zero-order valence-corrected chi connectivity index (χ0v) is 16.6. The molecule has 2 aromatic heterocycles. The van der Waals surface area contributed by atoms with Gasteiger partial charge in [-0.3, -0.25) is 19.5 Å². The van der Waals surface area contributed by atoms with Crippen LogP contribution >= 0.6 is 11.8 Å². The van der Waals surface area contributed by atoms with Crippen molar-refractivity contribution in [1.82, 2.24) is 14.8 Å². The highest BCUT2D eigenvalue weighted by Gasteiger charge is 2.20. The molecular weight excluding hydrogens is 425 g/mol. The van der Waals surface area contributed by atoms with Crippen molar-refractivity contribution in [3.8, 4) is 17.3 Å². The van der Waals surface area contributed by atoms with Crippen LogP contribution in [-0.2, 0) is 4.79 Å². The van der Waals surface area contributed by atoms with Gasteiger partial charge in [-0.15, -0.1) is 10.2 Å². The molecule has 0 bridgehead atoms. The minimum Gasteiger partial charge on any atom is -0.461 e. The van der Waals surface area contributed by atoms with Crippen molar-refractivity contribution < 1.29 is 18.5 Å². The summed E-state index contributed by atoms with van der Waals surface area (Å²) in [5, 5.41) is 22.3. The van der Waals surface area contributed by atoms with Gasteiger partial charge < -0.3 is 9.73 Å². The van der Waals surface area contributed by atoms with Gasteiger partial charge in [0.1, 0.15) is 11.5 Å². The number of rotatable bonds is 7. The summed E-state index contributed by atoms with van der Waals surface area (Å²) < 4.78 is 20.5. The molecule has 4 rings (SSSR count). The third kappa shape index (κ3) is 4.46. The van der Waals surface area contributed by atoms with E-state index in [1.807, 2.05) is 30.3 Å². The average Bonchev–Trinajstić information content (AvgIpc) is 3.43. The molecule has 0 aliphatic rings. The Labute approximate surface area is 179 Å². The molecule has 2 aromatic carbocycles. The van der Waals surface area contributed by atoms with Gasteiger partial charge in [-0.2, -0.15) is 0 Å². The number of para-hydroxylation sites is 1. The molecule has 31 heavy (non-hydrogen) atoms. The van der Waals surface area contributed by atoms with Gasteiger partial charge >= 0.3 is 0 Å². The minimum absolute atomic E-state index is 0.0854. The van der Waals surface area contributed by atoms with E-state index in [1.54, 1.807) is 16.7 Å². The maximum absolute atomic E-state index is 13.3. The van der Waals surface area contributed by atoms with E-state index in [9.17, 15) is 19.3 Å². The normalized spacial score (nSPS) is 10.7. The van der Waals surface area contributed by atoms with E-state index >= 15 is 0 Å². The summed E-state index contributed by atoms with van der Waals surface area (Å²) in [5.74, 6) is -0.400. The molecule has 4 aromatic rings. The number of aromatic nitrogens is 3. The van der Waals surface area contributed by atoms with E-state index in [0.29, 0.717) is 16.7 Å². The Bertz CT molecular complexity index is 1230. The van der Waals surface area contributed by atoms with Crippen LogP contribution in [0.3, 0.4) is 0 Å². The largest absolute Gasteiger partial charge is 0.461 e. The SMILES string of the molecule is O=C(CSc1nnc(-c2ccco2)n1-c1ccccc1)Nc1ccc(F)cc1[N+](=O)[O-]. The predicted molar refractivity (Wildman–Crippen MR) is 111 cm³/mol. The minimum atomic E-state index is -0.763. The molecule has 1 amide bonds. The van der Waals surface area contributed by atoms with E-state index in [1.165, 1.54) is 6.26 Å². The van der Waals surface area contributed by atoms with Gasteiger partial charge in [0, 0.05) is 5.69 Å². The molecular formula is C20H14FN5O4S. The number of carbonyl (C=O) groups excluding carboxylic acids is 1. The number of nitrogens with zero attached hydrogens (tertiary/aromatic N) is 4. The zero-order valence-electron chi connectivity index (χ0n) is 15.8. The molecule has 1 N–H and O–H groups in total. The quantitative estimate of drug-likeness (QED) is 0.259. The van der Waals surface area contributed by atoms with Crippen LogP contribution in [0, 0.1) is 15.9 Å². The van der Waals surface area contributed by atoms with Crippen LogP contribution in [0.15, 0.2) is 76.5 Å². The van der Waals surface area contributed by atoms with Gasteiger partial charge in [0.05, 0.1) is 23.0 Å². The molecule has 0 saturated heterocycles. The van der Waals surface area contributed by atoms with Crippen LogP contribution in [0.25, 0.3) is 17.3 Å². The van der Waals surface area contributed by atoms with Crippen molar-refractivity contribution in [2.75, 3.05) is 11.1 Å². The van der Waals surface area contributed by atoms with E-state index in [4.69, 9.17) is 4.42 Å². The van der Waals surface area contributed by atoms with Gasteiger partial charge in [-0.05, 0) is 36.4 Å². The summed E-state index contributed by atoms with van der Waals surface area (Å²) in [4.78, 5) is 22.8. The Kier molecular flexibility index (Phi) is 5.76. The smallest absolute Gasteiger partial charge is 0.295 e. The number of nitrogens with one attached hydrogen (secondary N) is 1. The number of amides is 1. The molecule has 0 spiro atoms. The van der Waals surface area contributed by atoms with E-state index < -0.39 is 22.3 Å². The second kappa shape index (κ2) is 8.79. The predicted octanol–water partition coefficient (Wildman–Crippen LogP) is 4.31. The molecule has 0 fully saturated rings. The first-order valence-electron chi connectivity index (χ1n) is 8.94. The number of nitro groups is 1. The zero-order chi connectivity index (χ0) is 21.8. The summed E-state index contributed by atoms with van der Waals surface area (Å²) in [5.41, 5.74) is 0.166. The molecule has 0 aliphatic carbocycles. The second-order valence-corrected chi connectivity index (χ2v) is 7.15. The van der Waals surface area contributed by atoms with Gasteiger partial charge in [-0.1, -0.05) is 30.0 Å². The average molecular weight is 439 g/mol. The van der Waals surface area contributed by atoms with Gasteiger partial charge in [0.2, 0.25) is 11.7 Å². The summed E-state index contributed by atoms with van der Waals surface area (Å²) in [6.45, 7) is 0. The molecule has 0 aliphatic heterocycles. The highest BCUT2D eigenvalue weighted by Crippen LogP contribution is 2.29. The third-order valence-electron chi connectivity index (χ3n) is 4.15. The standard InChI is InChI=1S/C20H14FN5O4S/c21-13-8-9-15(16(11-13)26(28)29)22-18(27)12-31-20-24-23-19(17-7-4-10-30-17)25(20)14-5-2-1-3-6-14/h1-11H,12H2,(H,22,27). The Morgan fingerprint density at radius 3 is 2.68 bits per heavy atom. The Morgan fingerprint density at radius 1 is 1.16 bits per heavy atom. The van der Waals surface area contributed by atoms with Gasteiger partial charge in [0.15, 0.2) is 10.9 Å². The summed E-state index contributed by atoms with van der Waals surface area (Å²) in [7, 11) is 0. The van der Waals surface area contributed by atoms with E-state index in [-0.39, 0.29) is 11.4 Å². The summed E-state index contributed by atoms with van der Waals surface area (Å²) in [6, 6.07) is 15.7. The van der Waals surface area contributed by atoms with Crippen molar-refractivity contribution in [1.29, 1.82) is 0 Å². The summed E-state index contributed by atoms with van der Waals surface area (Å²) >= 11 is 1.10. The lowest BCUT2D eigenvalue weighted by atomic mass is 10.2. The van der Waals surface area contributed by atoms with Crippen molar-refractivity contribution in [3.05, 3.63) is 82.9 Å². The maximum Gasteiger partial charge on any atom is 0.295 e. The highest BCUT2D eigenvalue weighted by atomic mass is 32.2. The van der Waals surface area contributed by atoms with Crippen LogP contribution in [0.4, 0.5) is 15.8 Å². The number of thioether (sulfide) groups is 1. The fraction of sp³-hybridized carbons (Fsp3) is 0.0500. The monoisotopic (exact) mass is 439 g/mol. The number of carbonyl (C=O) groups is 1. The van der Waals surface area contributed by atoms with Gasteiger partial charge in [0.25, 0.3) is 5.69 Å². The highest BCUT2D eigenvalue weighted by molar-refractivity contribution is 7.99. The van der Waals surface area contributed by atoms with Crippen molar-refractivity contribution >= 4 is 29.0 Å². The molecule has 156 valence electrons. The topological polar surface area (TPSA) is 116 Å². The fourth-order valence-electron chi connectivity index (χ4n) is 2.82. The molecule has 11 heteroatoms. The lowest BCUT2D eigenvalue weighted by Crippen LogP contribution is -2.15. The van der Waals surface area contributed by atoms with Crippen LogP contribution in [-0.4, -0.2) is 31.3 Å². The number of anilines is 1. The molecule has 0 unspecified atom stereocenters. The number of furan rings is 1. The Morgan fingerprint density at radius 2 is 1.97 bits per heavy atom. The van der Waals surface area contributed by atoms with Crippen LogP contribution in [0.5, 0.6) is 0 Å².